The lowest BCUT2D eigenvalue weighted by atomic mass is 10.1. The number of halogens is 1. The Morgan fingerprint density at radius 2 is 2.29 bits per heavy atom. The van der Waals surface area contributed by atoms with Crippen molar-refractivity contribution in [2.45, 2.75) is 19.4 Å². The molecular weight excluding hydrogens is 219 g/mol. The third kappa shape index (κ3) is 2.50. The fourth-order valence-electron chi connectivity index (χ4n) is 1.85. The molecule has 0 aliphatic rings. The summed E-state index contributed by atoms with van der Waals surface area (Å²) in [5.41, 5.74) is 8.16. The molecule has 1 atom stereocenters. The lowest BCUT2D eigenvalue weighted by Crippen LogP contribution is -2.18. The van der Waals surface area contributed by atoms with Gasteiger partial charge in [-0.15, -0.1) is 0 Å². The topological polar surface area (TPSA) is 56.7 Å². The van der Waals surface area contributed by atoms with Gasteiger partial charge in [0.25, 0.3) is 0 Å². The first-order valence-corrected chi connectivity index (χ1v) is 5.43. The van der Waals surface area contributed by atoms with Gasteiger partial charge in [-0.3, -0.25) is 9.67 Å². The Hall–Kier alpha value is -1.75. The summed E-state index contributed by atoms with van der Waals surface area (Å²) in [4.78, 5) is 3.98. The second-order valence-electron chi connectivity index (χ2n) is 4.08. The van der Waals surface area contributed by atoms with E-state index in [1.807, 2.05) is 20.0 Å². The maximum absolute atomic E-state index is 13.5. The molecule has 0 spiro atoms. The number of aromatic nitrogens is 3. The normalized spacial score (nSPS) is 12.7. The van der Waals surface area contributed by atoms with Gasteiger partial charge in [0, 0.05) is 25.4 Å². The van der Waals surface area contributed by atoms with Crippen molar-refractivity contribution in [3.05, 3.63) is 47.3 Å². The van der Waals surface area contributed by atoms with Gasteiger partial charge >= 0.3 is 0 Å². The predicted molar refractivity (Wildman–Crippen MR) is 62.8 cm³/mol. The van der Waals surface area contributed by atoms with Crippen molar-refractivity contribution in [3.63, 3.8) is 0 Å². The van der Waals surface area contributed by atoms with E-state index >= 15 is 0 Å². The third-order valence-electron chi connectivity index (χ3n) is 2.67. The largest absolute Gasteiger partial charge is 0.322 e. The zero-order valence-corrected chi connectivity index (χ0v) is 9.89. The molecule has 0 radical (unpaired) electrons. The smallest absolute Gasteiger partial charge is 0.146 e. The highest BCUT2D eigenvalue weighted by Gasteiger charge is 2.15. The van der Waals surface area contributed by atoms with Crippen molar-refractivity contribution < 1.29 is 4.39 Å². The van der Waals surface area contributed by atoms with Gasteiger partial charge in [0.1, 0.15) is 5.82 Å². The number of pyridine rings is 1. The van der Waals surface area contributed by atoms with Crippen LogP contribution in [0.4, 0.5) is 4.39 Å². The van der Waals surface area contributed by atoms with Gasteiger partial charge in [-0.2, -0.15) is 5.10 Å². The average Bonchev–Trinajstić information content (AvgIpc) is 2.58. The summed E-state index contributed by atoms with van der Waals surface area (Å²) in [5.74, 6) is -0.362. The molecule has 0 aromatic carbocycles. The minimum absolute atomic E-state index is 0.298. The summed E-state index contributed by atoms with van der Waals surface area (Å²) < 4.78 is 15.2. The quantitative estimate of drug-likeness (QED) is 0.875. The molecule has 90 valence electrons. The number of nitrogens with zero attached hydrogens (tertiary/aromatic N) is 3. The van der Waals surface area contributed by atoms with Gasteiger partial charge in [0.15, 0.2) is 0 Å². The molecule has 2 aromatic rings. The summed E-state index contributed by atoms with van der Waals surface area (Å²) in [5, 5.41) is 4.23. The minimum atomic E-state index is -0.453. The van der Waals surface area contributed by atoms with Gasteiger partial charge in [0.2, 0.25) is 0 Å². The van der Waals surface area contributed by atoms with Gasteiger partial charge in [0.05, 0.1) is 17.4 Å². The molecule has 0 amide bonds. The summed E-state index contributed by atoms with van der Waals surface area (Å²) in [6.45, 7) is 1.91. The van der Waals surface area contributed by atoms with Crippen LogP contribution < -0.4 is 5.73 Å². The average molecular weight is 234 g/mol. The van der Waals surface area contributed by atoms with Crippen LogP contribution in [-0.2, 0) is 13.5 Å². The molecule has 2 aromatic heterocycles. The first-order chi connectivity index (χ1) is 8.08. The molecule has 4 nitrogen and oxygen atoms in total. The second-order valence-corrected chi connectivity index (χ2v) is 4.08. The Morgan fingerprint density at radius 1 is 1.53 bits per heavy atom. The first kappa shape index (κ1) is 11.7. The predicted octanol–water partition coefficient (Wildman–Crippen LogP) is 1.51. The molecule has 0 bridgehead atoms. The number of rotatable bonds is 3. The van der Waals surface area contributed by atoms with E-state index in [-0.39, 0.29) is 5.82 Å². The molecule has 0 fully saturated rings. The Balaban J connectivity index is 2.20. The van der Waals surface area contributed by atoms with Crippen molar-refractivity contribution in [1.82, 2.24) is 14.8 Å². The maximum atomic E-state index is 13.5. The zero-order chi connectivity index (χ0) is 12.4. The first-order valence-electron chi connectivity index (χ1n) is 5.43. The summed E-state index contributed by atoms with van der Waals surface area (Å²) in [6.07, 6.45) is 2.07. The Kier molecular flexibility index (Phi) is 3.19. The van der Waals surface area contributed by atoms with E-state index in [9.17, 15) is 4.39 Å². The number of hydrogen-bond donors (Lipinski definition) is 1. The summed E-state index contributed by atoms with van der Waals surface area (Å²) >= 11 is 0. The van der Waals surface area contributed by atoms with Crippen molar-refractivity contribution in [2.75, 3.05) is 0 Å². The lowest BCUT2D eigenvalue weighted by Gasteiger charge is -2.11. The van der Waals surface area contributed by atoms with Crippen LogP contribution in [0.2, 0.25) is 0 Å². The fraction of sp³-hybridized carbons (Fsp3) is 0.333. The summed E-state index contributed by atoms with van der Waals surface area (Å²) in [7, 11) is 1.85. The van der Waals surface area contributed by atoms with Gasteiger partial charge in [-0.05, 0) is 25.1 Å². The highest BCUT2D eigenvalue weighted by atomic mass is 19.1. The SMILES string of the molecule is Cc1cc(CC(N)c2ncccc2F)n(C)n1. The van der Waals surface area contributed by atoms with Gasteiger partial charge in [-0.25, -0.2) is 4.39 Å². The van der Waals surface area contributed by atoms with E-state index in [1.54, 1.807) is 16.9 Å². The summed E-state index contributed by atoms with van der Waals surface area (Å²) in [6, 6.07) is 4.42. The molecule has 0 aliphatic heterocycles. The van der Waals surface area contributed by atoms with Crippen LogP contribution in [0.25, 0.3) is 0 Å². The maximum Gasteiger partial charge on any atom is 0.146 e. The van der Waals surface area contributed by atoms with Crippen LogP contribution in [0.5, 0.6) is 0 Å². The van der Waals surface area contributed by atoms with Gasteiger partial charge < -0.3 is 5.73 Å². The van der Waals surface area contributed by atoms with Crippen LogP contribution in [0.3, 0.4) is 0 Å². The molecule has 17 heavy (non-hydrogen) atoms. The van der Waals surface area contributed by atoms with E-state index in [0.717, 1.165) is 11.4 Å². The van der Waals surface area contributed by atoms with Crippen molar-refractivity contribution in [1.29, 1.82) is 0 Å². The molecule has 5 heteroatoms. The van der Waals surface area contributed by atoms with Crippen LogP contribution in [0.1, 0.15) is 23.1 Å². The monoisotopic (exact) mass is 234 g/mol. The van der Waals surface area contributed by atoms with E-state index in [1.165, 1.54) is 6.07 Å². The molecular formula is C12H15FN4. The van der Waals surface area contributed by atoms with Crippen LogP contribution in [-0.4, -0.2) is 14.8 Å². The van der Waals surface area contributed by atoms with E-state index in [4.69, 9.17) is 5.73 Å². The molecule has 0 saturated heterocycles. The molecule has 2 N–H and O–H groups in total. The number of hydrogen-bond acceptors (Lipinski definition) is 3. The number of aryl methyl sites for hydroxylation is 2. The zero-order valence-electron chi connectivity index (χ0n) is 9.89. The highest BCUT2D eigenvalue weighted by molar-refractivity contribution is 5.16. The number of nitrogens with two attached hydrogens (primary N) is 1. The van der Waals surface area contributed by atoms with Crippen molar-refractivity contribution in [2.24, 2.45) is 12.8 Å². The molecule has 0 aliphatic carbocycles. The Bertz CT molecular complexity index is 521. The van der Waals surface area contributed by atoms with E-state index in [2.05, 4.69) is 10.1 Å². The van der Waals surface area contributed by atoms with Crippen molar-refractivity contribution >= 4 is 0 Å². The van der Waals surface area contributed by atoms with Gasteiger partial charge in [-0.1, -0.05) is 0 Å². The second kappa shape index (κ2) is 4.63. The lowest BCUT2D eigenvalue weighted by molar-refractivity contribution is 0.553. The standard InChI is InChI=1S/C12H15FN4/c1-8-6-9(17(2)16-8)7-11(14)12-10(13)4-3-5-15-12/h3-6,11H,7,14H2,1-2H3. The highest BCUT2D eigenvalue weighted by Crippen LogP contribution is 2.16. The molecule has 0 saturated carbocycles. The Labute approximate surface area is 99.3 Å². The Morgan fingerprint density at radius 3 is 2.88 bits per heavy atom. The van der Waals surface area contributed by atoms with E-state index < -0.39 is 6.04 Å². The fourth-order valence-corrected chi connectivity index (χ4v) is 1.85. The molecule has 1 unspecified atom stereocenters. The molecule has 2 heterocycles. The van der Waals surface area contributed by atoms with E-state index in [0.29, 0.717) is 12.1 Å². The molecule has 2 rings (SSSR count). The van der Waals surface area contributed by atoms with Crippen LogP contribution in [0.15, 0.2) is 24.4 Å². The minimum Gasteiger partial charge on any atom is -0.322 e. The van der Waals surface area contributed by atoms with Crippen LogP contribution >= 0.6 is 0 Å². The third-order valence-corrected chi connectivity index (χ3v) is 2.67. The van der Waals surface area contributed by atoms with Crippen molar-refractivity contribution in [3.8, 4) is 0 Å². The van der Waals surface area contributed by atoms with Crippen LogP contribution in [0, 0.1) is 12.7 Å².